The third-order valence-corrected chi connectivity index (χ3v) is 5.52. The Bertz CT molecular complexity index is 1200. The molecule has 0 radical (unpaired) electrons. The van der Waals surface area contributed by atoms with Crippen LogP contribution in [0.5, 0.6) is 11.5 Å². The Hall–Kier alpha value is -2.53. The monoisotopic (exact) mass is 462 g/mol. The molecule has 3 aromatic carbocycles. The van der Waals surface area contributed by atoms with E-state index < -0.39 is 5.82 Å². The summed E-state index contributed by atoms with van der Waals surface area (Å²) in [6, 6.07) is 12.5. The number of rotatable bonds is 4. The minimum Gasteiger partial charge on any atom is -0.489 e. The lowest BCUT2D eigenvalue weighted by atomic mass is 10.0. The van der Waals surface area contributed by atoms with Gasteiger partial charge in [0.15, 0.2) is 5.76 Å². The minimum atomic E-state index is -0.413. The van der Waals surface area contributed by atoms with Gasteiger partial charge in [0.2, 0.25) is 5.78 Å². The summed E-state index contributed by atoms with van der Waals surface area (Å²) in [7, 11) is 0. The first-order valence-electron chi connectivity index (χ1n) is 8.92. The van der Waals surface area contributed by atoms with Crippen molar-refractivity contribution in [3.05, 3.63) is 97.4 Å². The highest BCUT2D eigenvalue weighted by Gasteiger charge is 2.30. The van der Waals surface area contributed by atoms with Crippen molar-refractivity contribution in [2.24, 2.45) is 0 Å². The summed E-state index contributed by atoms with van der Waals surface area (Å²) in [5.74, 6) is 0.420. The van der Waals surface area contributed by atoms with E-state index in [0.717, 1.165) is 0 Å². The van der Waals surface area contributed by atoms with E-state index in [0.29, 0.717) is 43.8 Å². The van der Waals surface area contributed by atoms with E-state index in [-0.39, 0.29) is 23.2 Å². The smallest absolute Gasteiger partial charge is 0.232 e. The Morgan fingerprint density at radius 2 is 1.83 bits per heavy atom. The van der Waals surface area contributed by atoms with Crippen LogP contribution in [0.4, 0.5) is 4.39 Å². The highest BCUT2D eigenvalue weighted by Crippen LogP contribution is 2.38. The molecule has 0 N–H and O–H groups in total. The number of ketones is 1. The highest BCUT2D eigenvalue weighted by atomic mass is 35.5. The van der Waals surface area contributed by atoms with Crippen LogP contribution in [-0.2, 0) is 6.61 Å². The number of carbonyl (C=O) groups is 1. The molecule has 0 aliphatic carbocycles. The van der Waals surface area contributed by atoms with Gasteiger partial charge in [0.05, 0.1) is 10.6 Å². The second kappa shape index (κ2) is 8.31. The number of hydrogen-bond donors (Lipinski definition) is 0. The average molecular weight is 464 g/mol. The first-order chi connectivity index (χ1) is 14.3. The fourth-order valence-corrected chi connectivity index (χ4v) is 3.81. The van der Waals surface area contributed by atoms with Crippen LogP contribution in [0.3, 0.4) is 0 Å². The molecule has 0 spiro atoms. The fraction of sp³-hybridized carbons (Fsp3) is 0.0870. The van der Waals surface area contributed by atoms with Gasteiger partial charge in [0.1, 0.15) is 23.9 Å². The van der Waals surface area contributed by atoms with Gasteiger partial charge in [-0.3, -0.25) is 4.79 Å². The van der Waals surface area contributed by atoms with Gasteiger partial charge in [-0.25, -0.2) is 4.39 Å². The van der Waals surface area contributed by atoms with Crippen molar-refractivity contribution in [3.8, 4) is 11.5 Å². The molecule has 1 aliphatic heterocycles. The van der Waals surface area contributed by atoms with Gasteiger partial charge in [0, 0.05) is 21.7 Å². The number of allylic oxidation sites excluding steroid dienone is 1. The Balaban J connectivity index is 1.58. The minimum absolute atomic E-state index is 0.147. The molecule has 152 valence electrons. The summed E-state index contributed by atoms with van der Waals surface area (Å²) in [5, 5.41) is 1.20. The predicted octanol–water partition coefficient (Wildman–Crippen LogP) is 7.29. The van der Waals surface area contributed by atoms with Crippen molar-refractivity contribution < 1.29 is 18.7 Å². The maximum absolute atomic E-state index is 13.2. The van der Waals surface area contributed by atoms with Crippen LogP contribution in [0.1, 0.15) is 27.0 Å². The molecule has 4 rings (SSSR count). The molecular weight excluding hydrogens is 450 g/mol. The summed E-state index contributed by atoms with van der Waals surface area (Å²) >= 11 is 18.2. The van der Waals surface area contributed by atoms with Crippen molar-refractivity contribution in [1.82, 2.24) is 0 Å². The molecule has 0 amide bonds. The van der Waals surface area contributed by atoms with Gasteiger partial charge in [-0.1, -0.05) is 46.9 Å². The second-order valence-electron chi connectivity index (χ2n) is 6.74. The van der Waals surface area contributed by atoms with Gasteiger partial charge >= 0.3 is 0 Å². The van der Waals surface area contributed by atoms with Gasteiger partial charge in [-0.2, -0.15) is 0 Å². The lowest BCUT2D eigenvalue weighted by Crippen LogP contribution is -2.00. The molecule has 0 saturated carbocycles. The van der Waals surface area contributed by atoms with Crippen LogP contribution in [0, 0.1) is 12.7 Å². The Kier molecular flexibility index (Phi) is 5.74. The van der Waals surface area contributed by atoms with Gasteiger partial charge < -0.3 is 9.47 Å². The van der Waals surface area contributed by atoms with Gasteiger partial charge in [0.25, 0.3) is 0 Å². The van der Waals surface area contributed by atoms with E-state index in [9.17, 15) is 9.18 Å². The van der Waals surface area contributed by atoms with Crippen LogP contribution in [0.25, 0.3) is 6.08 Å². The predicted molar refractivity (Wildman–Crippen MR) is 116 cm³/mol. The molecule has 0 aromatic heterocycles. The van der Waals surface area contributed by atoms with Crippen molar-refractivity contribution in [2.75, 3.05) is 0 Å². The molecule has 0 fully saturated rings. The van der Waals surface area contributed by atoms with Crippen LogP contribution < -0.4 is 9.47 Å². The number of halogens is 4. The Labute approximate surface area is 187 Å². The van der Waals surface area contributed by atoms with Crippen LogP contribution in [-0.4, -0.2) is 5.78 Å². The maximum Gasteiger partial charge on any atom is 0.232 e. The standard InChI is InChI=1S/C23H14Cl3FO3/c1-12-6-17(29-11-14-3-5-16(27)9-19(14)26)10-20-22(12)23(28)21(30-20)7-13-2-4-15(24)8-18(13)25/h2-10H,11H2,1H3/b21-7-. The second-order valence-corrected chi connectivity index (χ2v) is 7.99. The first-order valence-corrected chi connectivity index (χ1v) is 10.1. The maximum atomic E-state index is 13.2. The summed E-state index contributed by atoms with van der Waals surface area (Å²) in [6.07, 6.45) is 1.58. The van der Waals surface area contributed by atoms with Crippen LogP contribution in [0.15, 0.2) is 54.3 Å². The number of Topliss-reactive ketones (excluding diaryl/α,β-unsaturated/α-hetero) is 1. The van der Waals surface area contributed by atoms with Gasteiger partial charge in [-0.15, -0.1) is 0 Å². The zero-order valence-electron chi connectivity index (χ0n) is 15.6. The number of ether oxygens (including phenoxy) is 2. The third-order valence-electron chi connectivity index (χ3n) is 4.60. The third kappa shape index (κ3) is 4.17. The SMILES string of the molecule is Cc1cc(OCc2ccc(F)cc2Cl)cc2c1C(=O)/C(=C/c1ccc(Cl)cc1Cl)O2. The Morgan fingerprint density at radius 3 is 2.57 bits per heavy atom. The quantitative estimate of drug-likeness (QED) is 0.381. The van der Waals surface area contributed by atoms with Crippen molar-refractivity contribution >= 4 is 46.7 Å². The highest BCUT2D eigenvalue weighted by molar-refractivity contribution is 6.35. The Morgan fingerprint density at radius 1 is 1.03 bits per heavy atom. The van der Waals surface area contributed by atoms with E-state index in [2.05, 4.69) is 0 Å². The van der Waals surface area contributed by atoms with Crippen LogP contribution >= 0.6 is 34.8 Å². The zero-order chi connectivity index (χ0) is 21.4. The molecule has 0 unspecified atom stereocenters. The molecular formula is C23H14Cl3FO3. The zero-order valence-corrected chi connectivity index (χ0v) is 17.9. The molecule has 0 atom stereocenters. The molecule has 0 bridgehead atoms. The number of fused-ring (bicyclic) bond motifs is 1. The summed E-state index contributed by atoms with van der Waals surface area (Å²) in [6.45, 7) is 1.95. The summed E-state index contributed by atoms with van der Waals surface area (Å²) in [4.78, 5) is 12.8. The molecule has 30 heavy (non-hydrogen) atoms. The molecule has 3 aromatic rings. The largest absolute Gasteiger partial charge is 0.489 e. The summed E-state index contributed by atoms with van der Waals surface area (Å²) < 4.78 is 24.8. The van der Waals surface area contributed by atoms with E-state index in [1.54, 1.807) is 49.4 Å². The van der Waals surface area contributed by atoms with Gasteiger partial charge in [-0.05, 0) is 54.5 Å². The summed E-state index contributed by atoms with van der Waals surface area (Å²) in [5.41, 5.74) is 2.45. The number of benzene rings is 3. The fourth-order valence-electron chi connectivity index (χ4n) is 3.12. The lowest BCUT2D eigenvalue weighted by molar-refractivity contribution is 0.101. The molecule has 1 aliphatic rings. The van der Waals surface area contributed by atoms with E-state index in [1.807, 2.05) is 0 Å². The number of carbonyl (C=O) groups excluding carboxylic acids is 1. The van der Waals surface area contributed by atoms with Crippen molar-refractivity contribution in [1.29, 1.82) is 0 Å². The first kappa shape index (κ1) is 20.7. The van der Waals surface area contributed by atoms with Crippen LogP contribution in [0.2, 0.25) is 15.1 Å². The van der Waals surface area contributed by atoms with E-state index >= 15 is 0 Å². The average Bonchev–Trinajstić information content (AvgIpc) is 2.99. The molecule has 1 heterocycles. The number of hydrogen-bond acceptors (Lipinski definition) is 3. The van der Waals surface area contributed by atoms with Crippen molar-refractivity contribution in [3.63, 3.8) is 0 Å². The van der Waals surface area contributed by atoms with E-state index in [4.69, 9.17) is 44.3 Å². The van der Waals surface area contributed by atoms with Crippen molar-refractivity contribution in [2.45, 2.75) is 13.5 Å². The molecule has 0 saturated heterocycles. The molecule has 7 heteroatoms. The lowest BCUT2D eigenvalue weighted by Gasteiger charge is -2.10. The normalized spacial score (nSPS) is 14.0. The topological polar surface area (TPSA) is 35.5 Å². The van der Waals surface area contributed by atoms with E-state index in [1.165, 1.54) is 12.1 Å². The number of aryl methyl sites for hydroxylation is 1. The molecule has 3 nitrogen and oxygen atoms in total.